The fraction of sp³-hybridized carbons (Fsp3) is 0.357. The Morgan fingerprint density at radius 1 is 1.24 bits per heavy atom. The minimum atomic E-state index is 0.834. The minimum Gasteiger partial charge on any atom is -0.307 e. The van der Waals surface area contributed by atoms with Gasteiger partial charge >= 0.3 is 0 Å². The van der Waals surface area contributed by atoms with Gasteiger partial charge in [0.05, 0.1) is 5.69 Å². The summed E-state index contributed by atoms with van der Waals surface area (Å²) in [5.74, 6) is 0. The Labute approximate surface area is 107 Å². The normalized spacial score (nSPS) is 10.8. The molecule has 0 aliphatic heterocycles. The first-order chi connectivity index (χ1) is 8.16. The van der Waals surface area contributed by atoms with E-state index in [2.05, 4.69) is 43.2 Å². The number of hydrogen-bond acceptors (Lipinski definition) is 3. The average molecular weight is 246 g/mol. The lowest BCUT2D eigenvalue weighted by Crippen LogP contribution is -2.14. The number of thiophene rings is 1. The van der Waals surface area contributed by atoms with Crippen LogP contribution in [-0.4, -0.2) is 4.98 Å². The first-order valence-corrected chi connectivity index (χ1v) is 6.65. The summed E-state index contributed by atoms with van der Waals surface area (Å²) < 4.78 is 0. The van der Waals surface area contributed by atoms with Crippen molar-refractivity contribution in [2.45, 2.75) is 33.9 Å². The highest BCUT2D eigenvalue weighted by Crippen LogP contribution is 2.20. The maximum Gasteiger partial charge on any atom is 0.0570 e. The van der Waals surface area contributed by atoms with Crippen LogP contribution in [0.4, 0.5) is 0 Å². The molecule has 2 nitrogen and oxygen atoms in total. The van der Waals surface area contributed by atoms with Crippen molar-refractivity contribution < 1.29 is 0 Å². The summed E-state index contributed by atoms with van der Waals surface area (Å²) in [6.45, 7) is 8.20. The molecule has 0 aromatic carbocycles. The van der Waals surface area contributed by atoms with E-state index in [1.54, 1.807) is 0 Å². The first kappa shape index (κ1) is 12.3. The summed E-state index contributed by atoms with van der Waals surface area (Å²) in [5, 5.41) is 3.46. The van der Waals surface area contributed by atoms with E-state index in [4.69, 9.17) is 0 Å². The molecule has 2 heterocycles. The molecule has 90 valence electrons. The number of pyridine rings is 1. The molecule has 0 saturated carbocycles. The summed E-state index contributed by atoms with van der Waals surface area (Å²) in [6.07, 6.45) is 1.85. The van der Waals surface area contributed by atoms with E-state index in [-0.39, 0.29) is 0 Å². The number of hydrogen-bond donors (Lipinski definition) is 1. The van der Waals surface area contributed by atoms with Crippen LogP contribution < -0.4 is 5.32 Å². The van der Waals surface area contributed by atoms with Crippen LogP contribution in [0.3, 0.4) is 0 Å². The van der Waals surface area contributed by atoms with Crippen LogP contribution in [0.5, 0.6) is 0 Å². The summed E-state index contributed by atoms with van der Waals surface area (Å²) in [7, 11) is 0. The van der Waals surface area contributed by atoms with E-state index in [0.717, 1.165) is 18.8 Å². The molecule has 0 amide bonds. The van der Waals surface area contributed by atoms with Gasteiger partial charge in [-0.1, -0.05) is 6.07 Å². The van der Waals surface area contributed by atoms with Crippen molar-refractivity contribution >= 4 is 11.3 Å². The Balaban J connectivity index is 1.92. The van der Waals surface area contributed by atoms with E-state index in [0.29, 0.717) is 0 Å². The van der Waals surface area contributed by atoms with Crippen molar-refractivity contribution in [2.75, 3.05) is 0 Å². The topological polar surface area (TPSA) is 24.9 Å². The summed E-state index contributed by atoms with van der Waals surface area (Å²) in [4.78, 5) is 7.17. The van der Waals surface area contributed by atoms with Crippen LogP contribution in [0.25, 0.3) is 0 Å². The maximum atomic E-state index is 4.38. The third kappa shape index (κ3) is 3.14. The Kier molecular flexibility index (Phi) is 3.92. The number of nitrogens with one attached hydrogen (secondary N) is 1. The van der Waals surface area contributed by atoms with E-state index in [9.17, 15) is 0 Å². The monoisotopic (exact) mass is 246 g/mol. The van der Waals surface area contributed by atoms with Gasteiger partial charge in [0.2, 0.25) is 0 Å². The van der Waals surface area contributed by atoms with Crippen molar-refractivity contribution in [3.05, 3.63) is 51.0 Å². The fourth-order valence-corrected chi connectivity index (χ4v) is 2.82. The van der Waals surface area contributed by atoms with Gasteiger partial charge in [0.25, 0.3) is 0 Å². The van der Waals surface area contributed by atoms with E-state index < -0.39 is 0 Å². The molecule has 0 saturated heterocycles. The van der Waals surface area contributed by atoms with Crippen molar-refractivity contribution in [3.8, 4) is 0 Å². The average Bonchev–Trinajstić information content (AvgIpc) is 2.60. The van der Waals surface area contributed by atoms with Crippen molar-refractivity contribution in [1.82, 2.24) is 10.3 Å². The highest BCUT2D eigenvalue weighted by Gasteiger charge is 2.03. The molecule has 2 aromatic heterocycles. The number of aryl methyl sites for hydroxylation is 3. The first-order valence-electron chi connectivity index (χ1n) is 5.84. The second-order valence-electron chi connectivity index (χ2n) is 4.31. The van der Waals surface area contributed by atoms with Gasteiger partial charge in [-0.25, -0.2) is 0 Å². The Morgan fingerprint density at radius 3 is 2.71 bits per heavy atom. The SMILES string of the molecule is Cc1cc(CNCc2ncccc2C)c(C)s1. The van der Waals surface area contributed by atoms with Crippen molar-refractivity contribution in [3.63, 3.8) is 0 Å². The van der Waals surface area contributed by atoms with Crippen LogP contribution in [0.2, 0.25) is 0 Å². The molecule has 0 radical (unpaired) electrons. The molecule has 0 aliphatic rings. The molecule has 1 N–H and O–H groups in total. The molecule has 17 heavy (non-hydrogen) atoms. The largest absolute Gasteiger partial charge is 0.307 e. The lowest BCUT2D eigenvalue weighted by molar-refractivity contribution is 0.675. The number of aromatic nitrogens is 1. The third-order valence-corrected chi connectivity index (χ3v) is 3.88. The zero-order chi connectivity index (χ0) is 12.3. The van der Waals surface area contributed by atoms with Gasteiger partial charge in [-0.2, -0.15) is 0 Å². The Hall–Kier alpha value is -1.19. The predicted molar refractivity (Wildman–Crippen MR) is 73.3 cm³/mol. The molecular weight excluding hydrogens is 228 g/mol. The highest BCUT2D eigenvalue weighted by atomic mass is 32.1. The van der Waals surface area contributed by atoms with Gasteiger partial charge in [-0.15, -0.1) is 11.3 Å². The molecule has 0 unspecified atom stereocenters. The molecular formula is C14H18N2S. The molecule has 0 spiro atoms. The molecule has 0 aliphatic carbocycles. The van der Waals surface area contributed by atoms with Crippen molar-refractivity contribution in [1.29, 1.82) is 0 Å². The molecule has 3 heteroatoms. The third-order valence-electron chi connectivity index (χ3n) is 2.87. The highest BCUT2D eigenvalue weighted by molar-refractivity contribution is 7.12. The van der Waals surface area contributed by atoms with Gasteiger partial charge in [-0.05, 0) is 44.0 Å². The minimum absolute atomic E-state index is 0.834. The number of nitrogens with zero attached hydrogens (tertiary/aromatic N) is 1. The summed E-state index contributed by atoms with van der Waals surface area (Å²) >= 11 is 1.86. The van der Waals surface area contributed by atoms with Crippen LogP contribution in [0, 0.1) is 20.8 Å². The van der Waals surface area contributed by atoms with Gasteiger partial charge in [-0.3, -0.25) is 4.98 Å². The molecule has 0 atom stereocenters. The standard InChI is InChI=1S/C14H18N2S/c1-10-5-4-6-16-14(10)9-15-8-13-7-11(2)17-12(13)3/h4-7,15H,8-9H2,1-3H3. The Morgan fingerprint density at radius 2 is 2.06 bits per heavy atom. The van der Waals surface area contributed by atoms with E-state index >= 15 is 0 Å². The van der Waals surface area contributed by atoms with Crippen LogP contribution in [-0.2, 0) is 13.1 Å². The van der Waals surface area contributed by atoms with Gasteiger partial charge in [0.1, 0.15) is 0 Å². The van der Waals surface area contributed by atoms with E-state index in [1.165, 1.54) is 20.9 Å². The fourth-order valence-electron chi connectivity index (χ4n) is 1.88. The quantitative estimate of drug-likeness (QED) is 0.894. The predicted octanol–water partition coefficient (Wildman–Crippen LogP) is 3.36. The molecule has 2 aromatic rings. The zero-order valence-corrected chi connectivity index (χ0v) is 11.4. The van der Waals surface area contributed by atoms with Gasteiger partial charge in [0, 0.05) is 29.0 Å². The van der Waals surface area contributed by atoms with E-state index in [1.807, 2.05) is 23.6 Å². The number of rotatable bonds is 4. The zero-order valence-electron chi connectivity index (χ0n) is 10.6. The van der Waals surface area contributed by atoms with Crippen LogP contribution >= 0.6 is 11.3 Å². The molecule has 0 fully saturated rings. The molecule has 0 bridgehead atoms. The van der Waals surface area contributed by atoms with Crippen LogP contribution in [0.1, 0.15) is 26.6 Å². The van der Waals surface area contributed by atoms with Gasteiger partial charge < -0.3 is 5.32 Å². The smallest absolute Gasteiger partial charge is 0.0570 e. The Bertz CT molecular complexity index is 503. The summed E-state index contributed by atoms with van der Waals surface area (Å²) in [6, 6.07) is 6.34. The molecule has 2 rings (SSSR count). The second-order valence-corrected chi connectivity index (χ2v) is 5.77. The second kappa shape index (κ2) is 5.43. The lowest BCUT2D eigenvalue weighted by atomic mass is 10.2. The summed E-state index contributed by atoms with van der Waals surface area (Å²) in [5.41, 5.74) is 3.79. The van der Waals surface area contributed by atoms with Crippen molar-refractivity contribution in [2.24, 2.45) is 0 Å². The van der Waals surface area contributed by atoms with Crippen LogP contribution in [0.15, 0.2) is 24.4 Å². The lowest BCUT2D eigenvalue weighted by Gasteiger charge is -2.06. The van der Waals surface area contributed by atoms with Gasteiger partial charge in [0.15, 0.2) is 0 Å². The maximum absolute atomic E-state index is 4.38.